The van der Waals surface area contributed by atoms with E-state index >= 15 is 0 Å². The van der Waals surface area contributed by atoms with Crippen LogP contribution in [0.1, 0.15) is 15.9 Å². The average molecular weight is 407 g/mol. The summed E-state index contributed by atoms with van der Waals surface area (Å²) in [6.07, 6.45) is -4.60. The molecule has 5 nitrogen and oxygen atoms in total. The fourth-order valence-corrected chi connectivity index (χ4v) is 2.51. The van der Waals surface area contributed by atoms with Crippen LogP contribution in [-0.2, 0) is 17.3 Å². The molecule has 0 saturated heterocycles. The van der Waals surface area contributed by atoms with E-state index in [1.165, 1.54) is 48.7 Å². The van der Waals surface area contributed by atoms with Crippen molar-refractivity contribution in [1.82, 2.24) is 9.03 Å². The van der Waals surface area contributed by atoms with Crippen molar-refractivity contribution in [2.45, 2.75) is 6.18 Å². The van der Waals surface area contributed by atoms with Crippen molar-refractivity contribution in [3.8, 4) is 11.5 Å². The first-order chi connectivity index (χ1) is 12.1. The van der Waals surface area contributed by atoms with E-state index in [2.05, 4.69) is 4.72 Å². The summed E-state index contributed by atoms with van der Waals surface area (Å²) in [6.45, 7) is 0. The summed E-state index contributed by atoms with van der Waals surface area (Å²) in [5.41, 5.74) is -0.779. The Labute approximate surface area is 155 Å². The van der Waals surface area contributed by atoms with E-state index in [0.29, 0.717) is 0 Å². The molecule has 0 spiro atoms. The summed E-state index contributed by atoms with van der Waals surface area (Å²) in [7, 11) is 3.07. The minimum Gasteiger partial charge on any atom is -0.457 e. The Morgan fingerprint density at radius 3 is 2.23 bits per heavy atom. The second kappa shape index (κ2) is 8.07. The van der Waals surface area contributed by atoms with Gasteiger partial charge in [0.25, 0.3) is 5.91 Å². The molecule has 1 atom stereocenters. The van der Waals surface area contributed by atoms with Crippen molar-refractivity contribution >= 4 is 28.7 Å². The van der Waals surface area contributed by atoms with Crippen molar-refractivity contribution in [3.05, 3.63) is 58.6 Å². The van der Waals surface area contributed by atoms with Crippen LogP contribution in [0.5, 0.6) is 11.5 Å². The predicted octanol–water partition coefficient (Wildman–Crippen LogP) is 4.02. The van der Waals surface area contributed by atoms with Gasteiger partial charge in [0, 0.05) is 19.7 Å². The molecule has 0 saturated carbocycles. The van der Waals surface area contributed by atoms with Crippen LogP contribution in [0.15, 0.2) is 42.5 Å². The Morgan fingerprint density at radius 1 is 1.12 bits per heavy atom. The maximum absolute atomic E-state index is 12.9. The number of amides is 1. The summed E-state index contributed by atoms with van der Waals surface area (Å²) in [6, 6.07) is 8.82. The van der Waals surface area contributed by atoms with E-state index < -0.39 is 33.8 Å². The number of benzene rings is 2. The van der Waals surface area contributed by atoms with Crippen LogP contribution in [-0.4, -0.2) is 28.5 Å². The third-order valence-electron chi connectivity index (χ3n) is 3.11. The molecule has 1 unspecified atom stereocenters. The SMILES string of the molecule is CN(C)S(=O)NC(=O)c1ccc(Oc2ccc(Cl)c(C(F)(F)F)c2)cc1. The molecule has 2 aromatic rings. The summed E-state index contributed by atoms with van der Waals surface area (Å²) >= 11 is 3.89. The van der Waals surface area contributed by atoms with Gasteiger partial charge in [-0.05, 0) is 42.5 Å². The van der Waals surface area contributed by atoms with E-state index in [1.807, 2.05) is 0 Å². The number of nitrogens with one attached hydrogen (secondary N) is 1. The summed E-state index contributed by atoms with van der Waals surface area (Å²) in [5, 5.41) is -0.425. The monoisotopic (exact) mass is 406 g/mol. The minimum absolute atomic E-state index is 0.0485. The number of halogens is 4. The molecule has 10 heteroatoms. The van der Waals surface area contributed by atoms with E-state index in [0.717, 1.165) is 12.1 Å². The van der Waals surface area contributed by atoms with Gasteiger partial charge in [0.15, 0.2) is 11.2 Å². The average Bonchev–Trinajstić information content (AvgIpc) is 2.56. The molecule has 26 heavy (non-hydrogen) atoms. The highest BCUT2D eigenvalue weighted by atomic mass is 35.5. The highest BCUT2D eigenvalue weighted by Crippen LogP contribution is 2.37. The van der Waals surface area contributed by atoms with E-state index in [4.69, 9.17) is 16.3 Å². The molecule has 0 aliphatic rings. The number of hydrogen-bond acceptors (Lipinski definition) is 3. The molecule has 2 aromatic carbocycles. The molecule has 0 bridgehead atoms. The molecule has 0 radical (unpaired) electrons. The van der Waals surface area contributed by atoms with Crippen molar-refractivity contribution < 1.29 is 26.9 Å². The van der Waals surface area contributed by atoms with E-state index in [9.17, 15) is 22.2 Å². The van der Waals surface area contributed by atoms with Gasteiger partial charge in [0.2, 0.25) is 0 Å². The van der Waals surface area contributed by atoms with E-state index in [-0.39, 0.29) is 17.1 Å². The van der Waals surface area contributed by atoms with Gasteiger partial charge < -0.3 is 4.74 Å². The lowest BCUT2D eigenvalue weighted by Gasteiger charge is -2.12. The summed E-state index contributed by atoms with van der Waals surface area (Å²) in [5.74, 6) is -0.382. The van der Waals surface area contributed by atoms with Crippen LogP contribution in [0.4, 0.5) is 13.2 Å². The van der Waals surface area contributed by atoms with Crippen molar-refractivity contribution in [1.29, 1.82) is 0 Å². The molecule has 1 N–H and O–H groups in total. The molecule has 0 heterocycles. The molecule has 1 amide bonds. The quantitative estimate of drug-likeness (QED) is 0.815. The molecule has 0 fully saturated rings. The van der Waals surface area contributed by atoms with E-state index in [1.54, 1.807) is 0 Å². The zero-order chi connectivity index (χ0) is 19.5. The lowest BCUT2D eigenvalue weighted by atomic mass is 10.2. The van der Waals surface area contributed by atoms with Crippen LogP contribution in [0.2, 0.25) is 5.02 Å². The number of nitrogens with zero attached hydrogens (tertiary/aromatic N) is 1. The number of alkyl halides is 3. The van der Waals surface area contributed by atoms with Crippen molar-refractivity contribution in [2.24, 2.45) is 0 Å². The van der Waals surface area contributed by atoms with Crippen LogP contribution >= 0.6 is 11.6 Å². The normalized spacial score (nSPS) is 12.7. The van der Waals surface area contributed by atoms with Gasteiger partial charge in [-0.25, -0.2) is 8.51 Å². The zero-order valence-electron chi connectivity index (χ0n) is 13.6. The molecule has 140 valence electrons. The Hall–Kier alpha value is -2.10. The zero-order valence-corrected chi connectivity index (χ0v) is 15.2. The van der Waals surface area contributed by atoms with Gasteiger partial charge in [0.1, 0.15) is 11.5 Å². The number of carbonyl (C=O) groups is 1. The van der Waals surface area contributed by atoms with Gasteiger partial charge in [-0.3, -0.25) is 9.52 Å². The first-order valence-corrected chi connectivity index (χ1v) is 8.61. The second-order valence-electron chi connectivity index (χ2n) is 5.26. The minimum atomic E-state index is -4.60. The van der Waals surface area contributed by atoms with Crippen molar-refractivity contribution in [3.63, 3.8) is 0 Å². The molecule has 0 aliphatic carbocycles. The van der Waals surface area contributed by atoms with Gasteiger partial charge >= 0.3 is 6.18 Å². The molecule has 2 rings (SSSR count). The second-order valence-corrected chi connectivity index (χ2v) is 7.10. The van der Waals surface area contributed by atoms with Gasteiger partial charge in [-0.15, -0.1) is 0 Å². The molecular weight excluding hydrogens is 393 g/mol. The Balaban J connectivity index is 2.13. The Kier molecular flexibility index (Phi) is 6.27. The number of ether oxygens (including phenoxy) is 1. The maximum Gasteiger partial charge on any atom is 0.417 e. The number of carbonyl (C=O) groups excluding carboxylic acids is 1. The number of hydrogen-bond donors (Lipinski definition) is 1. The van der Waals surface area contributed by atoms with Crippen LogP contribution in [0.3, 0.4) is 0 Å². The lowest BCUT2D eigenvalue weighted by Crippen LogP contribution is -2.33. The Bertz CT molecular complexity index is 826. The van der Waals surface area contributed by atoms with Crippen LogP contribution < -0.4 is 9.46 Å². The largest absolute Gasteiger partial charge is 0.457 e. The number of rotatable bonds is 5. The first kappa shape index (κ1) is 20.2. The van der Waals surface area contributed by atoms with Gasteiger partial charge in [-0.1, -0.05) is 11.6 Å². The summed E-state index contributed by atoms with van der Waals surface area (Å²) < 4.78 is 59.1. The van der Waals surface area contributed by atoms with Gasteiger partial charge in [-0.2, -0.15) is 13.2 Å². The smallest absolute Gasteiger partial charge is 0.417 e. The van der Waals surface area contributed by atoms with Gasteiger partial charge in [0.05, 0.1) is 10.6 Å². The maximum atomic E-state index is 12.9. The first-order valence-electron chi connectivity index (χ1n) is 7.13. The third-order valence-corrected chi connectivity index (χ3v) is 4.46. The standard InChI is InChI=1S/C16H14ClF3N2O3S/c1-22(2)26(24)21-15(23)10-3-5-11(6-4-10)25-12-7-8-14(17)13(9-12)16(18,19)20/h3-9H,1-2H3,(H,21,23). The topological polar surface area (TPSA) is 58.6 Å². The highest BCUT2D eigenvalue weighted by Gasteiger charge is 2.33. The fourth-order valence-electron chi connectivity index (χ4n) is 1.83. The third kappa shape index (κ3) is 5.20. The van der Waals surface area contributed by atoms with Crippen LogP contribution in [0, 0.1) is 0 Å². The Morgan fingerprint density at radius 2 is 1.69 bits per heavy atom. The highest BCUT2D eigenvalue weighted by molar-refractivity contribution is 7.81. The molecule has 0 aliphatic heterocycles. The molecular formula is C16H14ClF3N2O3S. The lowest BCUT2D eigenvalue weighted by molar-refractivity contribution is -0.137. The fraction of sp³-hybridized carbons (Fsp3) is 0.188. The molecule has 0 aromatic heterocycles. The van der Waals surface area contributed by atoms with Crippen molar-refractivity contribution in [2.75, 3.05) is 14.1 Å². The summed E-state index contributed by atoms with van der Waals surface area (Å²) in [4.78, 5) is 11.9. The predicted molar refractivity (Wildman–Crippen MR) is 92.3 cm³/mol. The van der Waals surface area contributed by atoms with Crippen LogP contribution in [0.25, 0.3) is 0 Å².